The van der Waals surface area contributed by atoms with E-state index in [1.807, 2.05) is 57.2 Å². The Labute approximate surface area is 137 Å². The van der Waals surface area contributed by atoms with Crippen LogP contribution in [-0.2, 0) is 6.54 Å². The molecule has 2 rings (SSSR count). The van der Waals surface area contributed by atoms with E-state index in [2.05, 4.69) is 16.7 Å². The zero-order valence-corrected chi connectivity index (χ0v) is 14.0. The number of hydrogen-bond acceptors (Lipinski definition) is 2. The van der Waals surface area contributed by atoms with Crippen molar-refractivity contribution < 1.29 is 9.53 Å². The summed E-state index contributed by atoms with van der Waals surface area (Å²) in [6, 6.07) is 13.9. The van der Waals surface area contributed by atoms with Crippen LogP contribution in [0.15, 0.2) is 42.5 Å². The summed E-state index contributed by atoms with van der Waals surface area (Å²) in [7, 11) is 0. The predicted octanol–water partition coefficient (Wildman–Crippen LogP) is 3.49. The van der Waals surface area contributed by atoms with E-state index >= 15 is 0 Å². The Hall–Kier alpha value is -2.49. The summed E-state index contributed by atoms with van der Waals surface area (Å²) in [5.41, 5.74) is 4.49. The second-order valence-corrected chi connectivity index (χ2v) is 5.67. The molecule has 0 bridgehead atoms. The van der Waals surface area contributed by atoms with Crippen LogP contribution in [0, 0.1) is 20.8 Å². The third kappa shape index (κ3) is 5.33. The van der Waals surface area contributed by atoms with Gasteiger partial charge in [0.05, 0.1) is 6.54 Å². The highest BCUT2D eigenvalue weighted by atomic mass is 16.5. The lowest BCUT2D eigenvalue weighted by Crippen LogP contribution is -2.37. The summed E-state index contributed by atoms with van der Waals surface area (Å²) < 4.78 is 5.75. The number of urea groups is 1. The first kappa shape index (κ1) is 16.9. The van der Waals surface area contributed by atoms with Gasteiger partial charge in [-0.3, -0.25) is 0 Å². The topological polar surface area (TPSA) is 50.4 Å². The number of benzene rings is 2. The lowest BCUT2D eigenvalue weighted by Gasteiger charge is -2.12. The maximum Gasteiger partial charge on any atom is 0.315 e. The summed E-state index contributed by atoms with van der Waals surface area (Å²) in [6.07, 6.45) is 0. The molecule has 2 aromatic carbocycles. The van der Waals surface area contributed by atoms with E-state index in [0.29, 0.717) is 19.7 Å². The lowest BCUT2D eigenvalue weighted by atomic mass is 10.1. The molecule has 0 spiro atoms. The summed E-state index contributed by atoms with van der Waals surface area (Å²) in [5.74, 6) is 0.898. The minimum absolute atomic E-state index is 0.184. The zero-order chi connectivity index (χ0) is 16.7. The zero-order valence-electron chi connectivity index (χ0n) is 14.0. The van der Waals surface area contributed by atoms with Crippen LogP contribution in [0.1, 0.15) is 22.3 Å². The van der Waals surface area contributed by atoms with Gasteiger partial charge >= 0.3 is 6.03 Å². The van der Waals surface area contributed by atoms with Gasteiger partial charge in [-0.05, 0) is 37.5 Å². The molecule has 4 nitrogen and oxygen atoms in total. The predicted molar refractivity (Wildman–Crippen MR) is 92.8 cm³/mol. The van der Waals surface area contributed by atoms with Crippen LogP contribution < -0.4 is 15.4 Å². The second kappa shape index (κ2) is 8.22. The van der Waals surface area contributed by atoms with Crippen LogP contribution in [0.4, 0.5) is 4.79 Å². The smallest absolute Gasteiger partial charge is 0.315 e. The van der Waals surface area contributed by atoms with Gasteiger partial charge in [0.15, 0.2) is 0 Å². The standard InChI is InChI=1S/C19H24N2O2/c1-14-6-4-9-17(12-14)13-21-19(22)20-10-11-23-18-15(2)7-5-8-16(18)3/h4-9,12H,10-11,13H2,1-3H3,(H2,20,21,22). The Kier molecular flexibility index (Phi) is 6.03. The van der Waals surface area contributed by atoms with E-state index in [1.165, 1.54) is 5.56 Å². The number of aryl methyl sites for hydroxylation is 3. The molecular weight excluding hydrogens is 288 g/mol. The van der Waals surface area contributed by atoms with Gasteiger partial charge in [-0.2, -0.15) is 0 Å². The fourth-order valence-electron chi connectivity index (χ4n) is 2.41. The average Bonchev–Trinajstić information content (AvgIpc) is 2.52. The Morgan fingerprint density at radius 2 is 1.70 bits per heavy atom. The average molecular weight is 312 g/mol. The molecule has 0 aliphatic heterocycles. The van der Waals surface area contributed by atoms with Crippen LogP contribution in [-0.4, -0.2) is 19.2 Å². The minimum atomic E-state index is -0.184. The number of nitrogens with one attached hydrogen (secondary N) is 2. The molecule has 0 saturated carbocycles. The van der Waals surface area contributed by atoms with E-state index < -0.39 is 0 Å². The van der Waals surface area contributed by atoms with Gasteiger partial charge in [0.1, 0.15) is 12.4 Å². The third-order valence-electron chi connectivity index (χ3n) is 3.58. The molecule has 2 N–H and O–H groups in total. The van der Waals surface area contributed by atoms with E-state index in [4.69, 9.17) is 4.74 Å². The number of hydrogen-bond donors (Lipinski definition) is 2. The molecular formula is C19H24N2O2. The van der Waals surface area contributed by atoms with Crippen molar-refractivity contribution in [1.29, 1.82) is 0 Å². The highest BCUT2D eigenvalue weighted by Gasteiger charge is 2.04. The molecule has 0 aromatic heterocycles. The summed E-state index contributed by atoms with van der Waals surface area (Å²) in [6.45, 7) is 7.51. The monoisotopic (exact) mass is 312 g/mol. The van der Waals surface area contributed by atoms with Crippen molar-refractivity contribution in [3.63, 3.8) is 0 Å². The van der Waals surface area contributed by atoms with Crippen molar-refractivity contribution in [2.75, 3.05) is 13.2 Å². The Morgan fingerprint density at radius 1 is 1.00 bits per heavy atom. The molecule has 0 radical (unpaired) electrons. The van der Waals surface area contributed by atoms with Gasteiger partial charge < -0.3 is 15.4 Å². The van der Waals surface area contributed by atoms with Gasteiger partial charge in [-0.1, -0.05) is 48.0 Å². The molecule has 0 unspecified atom stereocenters. The molecule has 0 aliphatic carbocycles. The van der Waals surface area contributed by atoms with Crippen molar-refractivity contribution in [2.24, 2.45) is 0 Å². The van der Waals surface area contributed by atoms with E-state index in [0.717, 1.165) is 22.4 Å². The first-order valence-corrected chi connectivity index (χ1v) is 7.82. The Morgan fingerprint density at radius 3 is 2.39 bits per heavy atom. The van der Waals surface area contributed by atoms with Crippen molar-refractivity contribution >= 4 is 6.03 Å². The fraction of sp³-hybridized carbons (Fsp3) is 0.316. The minimum Gasteiger partial charge on any atom is -0.491 e. The lowest BCUT2D eigenvalue weighted by molar-refractivity contribution is 0.236. The number of para-hydroxylation sites is 1. The van der Waals surface area contributed by atoms with E-state index in [1.54, 1.807) is 0 Å². The number of ether oxygens (including phenoxy) is 1. The molecule has 0 fully saturated rings. The molecule has 2 amide bonds. The molecule has 0 atom stereocenters. The van der Waals surface area contributed by atoms with Gasteiger partial charge in [-0.25, -0.2) is 4.79 Å². The summed E-state index contributed by atoms with van der Waals surface area (Å²) >= 11 is 0. The van der Waals surface area contributed by atoms with Crippen LogP contribution in [0.3, 0.4) is 0 Å². The van der Waals surface area contributed by atoms with Crippen molar-refractivity contribution in [2.45, 2.75) is 27.3 Å². The number of rotatable bonds is 6. The van der Waals surface area contributed by atoms with Crippen molar-refractivity contribution in [3.8, 4) is 5.75 Å². The molecule has 2 aromatic rings. The Bertz CT molecular complexity index is 648. The maximum atomic E-state index is 11.8. The summed E-state index contributed by atoms with van der Waals surface area (Å²) in [4.78, 5) is 11.8. The van der Waals surface area contributed by atoms with Gasteiger partial charge in [0.25, 0.3) is 0 Å². The van der Waals surface area contributed by atoms with Gasteiger partial charge in [-0.15, -0.1) is 0 Å². The molecule has 23 heavy (non-hydrogen) atoms. The third-order valence-corrected chi connectivity index (χ3v) is 3.58. The Balaban J connectivity index is 1.69. The number of carbonyl (C=O) groups excluding carboxylic acids is 1. The molecule has 122 valence electrons. The first-order valence-electron chi connectivity index (χ1n) is 7.82. The second-order valence-electron chi connectivity index (χ2n) is 5.67. The summed E-state index contributed by atoms with van der Waals surface area (Å²) in [5, 5.41) is 5.64. The largest absolute Gasteiger partial charge is 0.491 e. The SMILES string of the molecule is Cc1cccc(CNC(=O)NCCOc2c(C)cccc2C)c1. The van der Waals surface area contributed by atoms with Crippen LogP contribution in [0.5, 0.6) is 5.75 Å². The molecule has 4 heteroatoms. The van der Waals surface area contributed by atoms with E-state index in [-0.39, 0.29) is 6.03 Å². The molecule has 0 aliphatic rings. The van der Waals surface area contributed by atoms with Gasteiger partial charge in [0.2, 0.25) is 0 Å². The van der Waals surface area contributed by atoms with Crippen LogP contribution in [0.25, 0.3) is 0 Å². The van der Waals surface area contributed by atoms with Crippen LogP contribution >= 0.6 is 0 Å². The maximum absolute atomic E-state index is 11.8. The quantitative estimate of drug-likeness (QED) is 0.802. The molecule has 0 heterocycles. The normalized spacial score (nSPS) is 10.2. The highest BCUT2D eigenvalue weighted by Crippen LogP contribution is 2.21. The van der Waals surface area contributed by atoms with Crippen molar-refractivity contribution in [3.05, 3.63) is 64.7 Å². The van der Waals surface area contributed by atoms with Crippen molar-refractivity contribution in [1.82, 2.24) is 10.6 Å². The molecule has 0 saturated heterocycles. The van der Waals surface area contributed by atoms with Crippen LogP contribution in [0.2, 0.25) is 0 Å². The number of amides is 2. The highest BCUT2D eigenvalue weighted by molar-refractivity contribution is 5.73. The fourth-order valence-corrected chi connectivity index (χ4v) is 2.41. The van der Waals surface area contributed by atoms with E-state index in [9.17, 15) is 4.79 Å². The van der Waals surface area contributed by atoms with Gasteiger partial charge in [0, 0.05) is 6.54 Å². The number of carbonyl (C=O) groups is 1. The first-order chi connectivity index (χ1) is 11.1.